The van der Waals surface area contributed by atoms with E-state index in [4.69, 9.17) is 11.2 Å². The molecule has 0 aliphatic rings. The van der Waals surface area contributed by atoms with Crippen LogP contribution >= 0.6 is 11.3 Å². The number of hydrogen-bond donors (Lipinski definition) is 2. The van der Waals surface area contributed by atoms with Crippen molar-refractivity contribution in [3.8, 4) is 18.1 Å². The summed E-state index contributed by atoms with van der Waals surface area (Å²) in [5.41, 5.74) is 1.24. The van der Waals surface area contributed by atoms with Crippen molar-refractivity contribution in [3.63, 3.8) is 0 Å². The van der Waals surface area contributed by atoms with Gasteiger partial charge < -0.3 is 15.4 Å². The van der Waals surface area contributed by atoms with E-state index in [1.54, 1.807) is 11.3 Å². The molecule has 0 radical (unpaired) electrons. The number of terminal acetylenes is 1. The second-order valence-electron chi connectivity index (χ2n) is 5.69. The molecular weight excluding hydrogens is 344 g/mol. The Morgan fingerprint density at radius 2 is 2.08 bits per heavy atom. The van der Waals surface area contributed by atoms with Crippen LogP contribution in [0.25, 0.3) is 0 Å². The van der Waals surface area contributed by atoms with E-state index in [1.807, 2.05) is 18.3 Å². The van der Waals surface area contributed by atoms with Crippen LogP contribution in [0.1, 0.15) is 22.4 Å². The molecule has 138 valence electrons. The van der Waals surface area contributed by atoms with Crippen LogP contribution in [-0.4, -0.2) is 37.2 Å². The number of aliphatic imine (C=N–C) groups is 1. The van der Waals surface area contributed by atoms with Gasteiger partial charge in [-0.25, -0.2) is 4.98 Å². The maximum atomic E-state index is 5.38. The zero-order valence-electron chi connectivity index (χ0n) is 15.4. The highest BCUT2D eigenvalue weighted by Gasteiger charge is 2.01. The Bertz CT molecular complexity index is 731. The number of thiazole rings is 1. The van der Waals surface area contributed by atoms with Crippen molar-refractivity contribution in [2.24, 2.45) is 4.99 Å². The number of benzene rings is 1. The van der Waals surface area contributed by atoms with Crippen molar-refractivity contribution in [3.05, 3.63) is 45.9 Å². The third-order valence-electron chi connectivity index (χ3n) is 3.56. The van der Waals surface area contributed by atoms with Crippen molar-refractivity contribution in [1.82, 2.24) is 15.6 Å². The first kappa shape index (κ1) is 19.8. The van der Waals surface area contributed by atoms with Gasteiger partial charge in [-0.2, -0.15) is 0 Å². The lowest BCUT2D eigenvalue weighted by Gasteiger charge is -2.11. The third-order valence-corrected chi connectivity index (χ3v) is 4.53. The van der Waals surface area contributed by atoms with Crippen LogP contribution in [0.2, 0.25) is 0 Å². The minimum Gasteiger partial charge on any atom is -0.481 e. The Hall–Kier alpha value is -2.52. The minimum atomic E-state index is 0.296. The monoisotopic (exact) mass is 370 g/mol. The Morgan fingerprint density at radius 3 is 2.73 bits per heavy atom. The van der Waals surface area contributed by atoms with Crippen molar-refractivity contribution in [2.75, 3.05) is 26.2 Å². The minimum absolute atomic E-state index is 0.296. The lowest BCUT2D eigenvalue weighted by atomic mass is 10.1. The Balaban J connectivity index is 1.76. The van der Waals surface area contributed by atoms with Crippen LogP contribution in [0, 0.1) is 19.3 Å². The molecule has 1 heterocycles. The van der Waals surface area contributed by atoms with Crippen LogP contribution in [0.3, 0.4) is 0 Å². The van der Waals surface area contributed by atoms with Crippen LogP contribution in [0.4, 0.5) is 0 Å². The van der Waals surface area contributed by atoms with Crippen LogP contribution < -0.4 is 15.4 Å². The lowest BCUT2D eigenvalue weighted by Crippen LogP contribution is -2.38. The fraction of sp³-hybridized carbons (Fsp3) is 0.400. The number of nitrogens with one attached hydrogen (secondary N) is 2. The molecule has 0 spiro atoms. The molecule has 0 amide bonds. The topological polar surface area (TPSA) is 58.5 Å². The highest BCUT2D eigenvalue weighted by Crippen LogP contribution is 2.12. The molecular formula is C20H26N4OS. The summed E-state index contributed by atoms with van der Waals surface area (Å²) in [6.45, 7) is 6.81. The molecule has 1 aromatic heterocycles. The number of guanidine groups is 1. The van der Waals surface area contributed by atoms with Crippen molar-refractivity contribution < 1.29 is 4.74 Å². The summed E-state index contributed by atoms with van der Waals surface area (Å²) < 4.78 is 5.38. The molecule has 2 aromatic rings. The summed E-state index contributed by atoms with van der Waals surface area (Å²) in [6.07, 6.45) is 8.88. The van der Waals surface area contributed by atoms with E-state index in [1.165, 1.54) is 10.4 Å². The average molecular weight is 371 g/mol. The van der Waals surface area contributed by atoms with Crippen molar-refractivity contribution in [2.45, 2.75) is 26.7 Å². The summed E-state index contributed by atoms with van der Waals surface area (Å²) in [5.74, 6) is 4.10. The third kappa shape index (κ3) is 7.16. The Labute approximate surface area is 159 Å². The first-order valence-corrected chi connectivity index (χ1v) is 9.61. The van der Waals surface area contributed by atoms with Gasteiger partial charge in [-0.1, -0.05) is 18.1 Å². The molecule has 0 saturated carbocycles. The highest BCUT2D eigenvalue weighted by atomic mass is 32.1. The summed E-state index contributed by atoms with van der Waals surface area (Å²) >= 11 is 1.73. The molecule has 26 heavy (non-hydrogen) atoms. The van der Waals surface area contributed by atoms with Gasteiger partial charge in [0.05, 0.1) is 5.01 Å². The van der Waals surface area contributed by atoms with Crippen molar-refractivity contribution >= 4 is 17.3 Å². The second kappa shape index (κ2) is 11.2. The molecule has 2 rings (SSSR count). The highest BCUT2D eigenvalue weighted by molar-refractivity contribution is 7.11. The summed E-state index contributed by atoms with van der Waals surface area (Å²) in [7, 11) is 0. The molecule has 0 saturated heterocycles. The normalized spacial score (nSPS) is 11.0. The van der Waals surface area contributed by atoms with E-state index in [0.29, 0.717) is 6.61 Å². The van der Waals surface area contributed by atoms with Gasteiger partial charge in [-0.05, 0) is 38.0 Å². The number of hydrogen-bond acceptors (Lipinski definition) is 4. The van der Waals surface area contributed by atoms with Crippen LogP contribution in [0.5, 0.6) is 5.75 Å². The first-order valence-electron chi connectivity index (χ1n) is 8.80. The second-order valence-corrected chi connectivity index (χ2v) is 7.01. The summed E-state index contributed by atoms with van der Waals surface area (Å²) in [5, 5.41) is 7.78. The smallest absolute Gasteiger partial charge is 0.191 e. The average Bonchev–Trinajstić information content (AvgIpc) is 3.06. The van der Waals surface area contributed by atoms with Gasteiger partial charge in [0.15, 0.2) is 5.96 Å². The molecule has 0 unspecified atom stereocenters. The molecule has 6 heteroatoms. The molecule has 5 nitrogen and oxygen atoms in total. The SMILES string of the molecule is C#CCOc1ccc(CCNC(=NCCc2ncc(C)s2)NCC)cc1. The maximum Gasteiger partial charge on any atom is 0.191 e. The summed E-state index contributed by atoms with van der Waals surface area (Å²) in [6, 6.07) is 8.01. The van der Waals surface area contributed by atoms with Gasteiger partial charge in [0.2, 0.25) is 0 Å². The van der Waals surface area contributed by atoms with Crippen LogP contribution in [0.15, 0.2) is 35.5 Å². The van der Waals surface area contributed by atoms with E-state index in [2.05, 4.69) is 52.5 Å². The zero-order chi connectivity index (χ0) is 18.6. The fourth-order valence-corrected chi connectivity index (χ4v) is 3.10. The number of aryl methyl sites for hydroxylation is 1. The zero-order valence-corrected chi connectivity index (χ0v) is 16.2. The van der Waals surface area contributed by atoms with E-state index in [-0.39, 0.29) is 0 Å². The van der Waals surface area contributed by atoms with E-state index in [0.717, 1.165) is 49.2 Å². The summed E-state index contributed by atoms with van der Waals surface area (Å²) in [4.78, 5) is 10.2. The van der Waals surface area contributed by atoms with Gasteiger partial charge >= 0.3 is 0 Å². The van der Waals surface area contributed by atoms with Gasteiger partial charge in [0, 0.05) is 37.1 Å². The number of aromatic nitrogens is 1. The Kier molecular flexibility index (Phi) is 8.50. The van der Waals surface area contributed by atoms with Gasteiger partial charge in [-0.15, -0.1) is 17.8 Å². The predicted octanol–water partition coefficient (Wildman–Crippen LogP) is 2.80. The molecule has 2 N–H and O–H groups in total. The maximum absolute atomic E-state index is 5.38. The molecule has 0 fully saturated rings. The Morgan fingerprint density at radius 1 is 1.27 bits per heavy atom. The van der Waals surface area contributed by atoms with Crippen LogP contribution in [-0.2, 0) is 12.8 Å². The van der Waals surface area contributed by atoms with Gasteiger partial charge in [0.25, 0.3) is 0 Å². The molecule has 1 aromatic carbocycles. The van der Waals surface area contributed by atoms with Gasteiger partial charge in [-0.3, -0.25) is 4.99 Å². The quantitative estimate of drug-likeness (QED) is 0.405. The predicted molar refractivity (Wildman–Crippen MR) is 109 cm³/mol. The lowest BCUT2D eigenvalue weighted by molar-refractivity contribution is 0.370. The fourth-order valence-electron chi connectivity index (χ4n) is 2.32. The van der Waals surface area contributed by atoms with E-state index >= 15 is 0 Å². The van der Waals surface area contributed by atoms with Crippen molar-refractivity contribution in [1.29, 1.82) is 0 Å². The number of ether oxygens (including phenoxy) is 1. The van der Waals surface area contributed by atoms with E-state index in [9.17, 15) is 0 Å². The largest absolute Gasteiger partial charge is 0.481 e. The number of nitrogens with zero attached hydrogens (tertiary/aromatic N) is 2. The standard InChI is InChI=1S/C20H26N4OS/c1-4-14-25-18-8-6-17(7-9-18)10-12-22-20(21-5-2)23-13-11-19-24-15-16(3)26-19/h1,6-9,15H,5,10-14H2,2-3H3,(H2,21,22,23). The number of rotatable bonds is 9. The first-order chi connectivity index (χ1) is 12.7. The van der Waals surface area contributed by atoms with Gasteiger partial charge in [0.1, 0.15) is 12.4 Å². The van der Waals surface area contributed by atoms with E-state index < -0.39 is 0 Å². The molecule has 0 atom stereocenters. The molecule has 0 aliphatic heterocycles. The molecule has 0 aliphatic carbocycles. The molecule has 0 bridgehead atoms.